The minimum absolute atomic E-state index is 0.177. The molecule has 0 saturated carbocycles. The maximum absolute atomic E-state index is 11.1. The summed E-state index contributed by atoms with van der Waals surface area (Å²) in [5, 5.41) is 11.8. The molecule has 3 N–H and O–H groups in total. The van der Waals surface area contributed by atoms with Gasteiger partial charge in [-0.2, -0.15) is 0 Å². The fourth-order valence-electron chi connectivity index (χ4n) is 0.861. The summed E-state index contributed by atoms with van der Waals surface area (Å²) in [5.74, 6) is -0.955. The first kappa shape index (κ1) is 17.5. The quantitative estimate of drug-likeness (QED) is 0.298. The zero-order chi connectivity index (χ0) is 13.5. The molecule has 0 saturated heterocycles. The third-order valence-electron chi connectivity index (χ3n) is 1.60. The summed E-state index contributed by atoms with van der Waals surface area (Å²) < 4.78 is 0. The Balaban J connectivity index is 0. The molecule has 0 radical (unpaired) electrons. The number of Topliss-reactive ketones (excluding diaryl/α,β-unsaturated/α-hetero) is 1. The summed E-state index contributed by atoms with van der Waals surface area (Å²) in [6.07, 6.45) is 2.06. The molecule has 0 spiro atoms. The molecule has 7 heteroatoms. The van der Waals surface area contributed by atoms with Crippen molar-refractivity contribution < 1.29 is 24.3 Å². The maximum Gasteiger partial charge on any atom is 0.290 e. The standard InChI is InChI=1S/C9H16N2O3.CH2O2/c1-2-5-11-9(14)8(13)4-3-6-10-7-12;2-1-3/h7H,2-6H2,1H3,(H,10,12)(H,11,14);1H,(H,2,3). The lowest BCUT2D eigenvalue weighted by Crippen LogP contribution is -2.31. The number of carboxylic acid groups (broad SMARTS) is 1. The maximum atomic E-state index is 11.1. The van der Waals surface area contributed by atoms with Crippen LogP contribution in [-0.2, 0) is 19.2 Å². The molecule has 0 fully saturated rings. The molecule has 0 aliphatic rings. The first-order valence-electron chi connectivity index (χ1n) is 5.19. The van der Waals surface area contributed by atoms with Crippen LogP contribution in [0.2, 0.25) is 0 Å². The highest BCUT2D eigenvalue weighted by Crippen LogP contribution is 1.89. The van der Waals surface area contributed by atoms with Gasteiger partial charge in [0.2, 0.25) is 12.2 Å². The Kier molecular flexibility index (Phi) is 14.5. The topological polar surface area (TPSA) is 113 Å². The third-order valence-corrected chi connectivity index (χ3v) is 1.60. The van der Waals surface area contributed by atoms with Crippen LogP contribution < -0.4 is 10.6 Å². The van der Waals surface area contributed by atoms with Gasteiger partial charge in [-0.15, -0.1) is 0 Å². The minimum Gasteiger partial charge on any atom is -0.483 e. The molecule has 17 heavy (non-hydrogen) atoms. The highest BCUT2D eigenvalue weighted by molar-refractivity contribution is 6.36. The second-order valence-electron chi connectivity index (χ2n) is 2.96. The van der Waals surface area contributed by atoms with Crippen molar-refractivity contribution in [2.75, 3.05) is 13.1 Å². The Morgan fingerprint density at radius 3 is 2.29 bits per heavy atom. The highest BCUT2D eigenvalue weighted by atomic mass is 16.3. The molecule has 98 valence electrons. The van der Waals surface area contributed by atoms with E-state index in [2.05, 4.69) is 10.6 Å². The second kappa shape index (κ2) is 14.1. The van der Waals surface area contributed by atoms with E-state index in [1.54, 1.807) is 0 Å². The van der Waals surface area contributed by atoms with Gasteiger partial charge in [0.15, 0.2) is 0 Å². The van der Waals surface area contributed by atoms with Gasteiger partial charge in [-0.3, -0.25) is 19.2 Å². The fraction of sp³-hybridized carbons (Fsp3) is 0.600. The van der Waals surface area contributed by atoms with Crippen molar-refractivity contribution in [2.24, 2.45) is 0 Å². The molecule has 0 aliphatic carbocycles. The number of amides is 2. The van der Waals surface area contributed by atoms with Crippen molar-refractivity contribution in [1.29, 1.82) is 0 Å². The monoisotopic (exact) mass is 246 g/mol. The summed E-state index contributed by atoms with van der Waals surface area (Å²) in [6.45, 7) is 2.62. The number of ketones is 1. The van der Waals surface area contributed by atoms with Crippen LogP contribution >= 0.6 is 0 Å². The Hall–Kier alpha value is -1.92. The molecule has 0 heterocycles. The van der Waals surface area contributed by atoms with Crippen molar-refractivity contribution in [3.8, 4) is 0 Å². The largest absolute Gasteiger partial charge is 0.483 e. The number of hydrogen-bond acceptors (Lipinski definition) is 4. The van der Waals surface area contributed by atoms with E-state index in [0.717, 1.165) is 6.42 Å². The lowest BCUT2D eigenvalue weighted by molar-refractivity contribution is -0.137. The predicted octanol–water partition coefficient (Wildman–Crippen LogP) is -0.691. The Morgan fingerprint density at radius 2 is 1.82 bits per heavy atom. The van der Waals surface area contributed by atoms with Gasteiger partial charge < -0.3 is 15.7 Å². The molecule has 0 aromatic carbocycles. The van der Waals surface area contributed by atoms with Gasteiger partial charge in [0.1, 0.15) is 0 Å². The smallest absolute Gasteiger partial charge is 0.290 e. The number of rotatable bonds is 8. The highest BCUT2D eigenvalue weighted by Gasteiger charge is 2.11. The van der Waals surface area contributed by atoms with E-state index >= 15 is 0 Å². The molecule has 0 aliphatic heterocycles. The van der Waals surface area contributed by atoms with Crippen LogP contribution in [0.1, 0.15) is 26.2 Å². The van der Waals surface area contributed by atoms with Crippen LogP contribution in [0.5, 0.6) is 0 Å². The SMILES string of the molecule is CCCNC(=O)C(=O)CCCNC=O.O=CO. The number of hydrogen-bond donors (Lipinski definition) is 3. The Labute approximate surface area is 99.6 Å². The Morgan fingerprint density at radius 1 is 1.24 bits per heavy atom. The summed E-state index contributed by atoms with van der Waals surface area (Å²) in [4.78, 5) is 40.3. The van der Waals surface area contributed by atoms with Crippen LogP contribution in [0, 0.1) is 0 Å². The van der Waals surface area contributed by atoms with Gasteiger partial charge in [0.25, 0.3) is 12.4 Å². The van der Waals surface area contributed by atoms with Crippen LogP contribution in [-0.4, -0.2) is 42.8 Å². The van der Waals surface area contributed by atoms with Crippen LogP contribution in [0.15, 0.2) is 0 Å². The van der Waals surface area contributed by atoms with Gasteiger partial charge in [0, 0.05) is 19.5 Å². The van der Waals surface area contributed by atoms with E-state index in [4.69, 9.17) is 9.90 Å². The number of carbonyl (C=O) groups excluding carboxylic acids is 3. The predicted molar refractivity (Wildman–Crippen MR) is 60.3 cm³/mol. The van der Waals surface area contributed by atoms with E-state index in [9.17, 15) is 14.4 Å². The summed E-state index contributed by atoms with van der Waals surface area (Å²) >= 11 is 0. The van der Waals surface area contributed by atoms with Crippen molar-refractivity contribution in [3.63, 3.8) is 0 Å². The van der Waals surface area contributed by atoms with Crippen LogP contribution in [0.4, 0.5) is 0 Å². The van der Waals surface area contributed by atoms with Gasteiger partial charge in [0.05, 0.1) is 0 Å². The molecule has 0 bridgehead atoms. The third kappa shape index (κ3) is 14.1. The number of nitrogens with one attached hydrogen (secondary N) is 2. The first-order chi connectivity index (χ1) is 8.13. The van der Waals surface area contributed by atoms with E-state index in [1.807, 2.05) is 6.92 Å². The number of carbonyl (C=O) groups is 4. The second-order valence-corrected chi connectivity index (χ2v) is 2.96. The van der Waals surface area contributed by atoms with Crippen LogP contribution in [0.3, 0.4) is 0 Å². The van der Waals surface area contributed by atoms with Gasteiger partial charge in [-0.05, 0) is 12.8 Å². The average Bonchev–Trinajstić information content (AvgIpc) is 2.32. The lowest BCUT2D eigenvalue weighted by Gasteiger charge is -2.01. The first-order valence-corrected chi connectivity index (χ1v) is 5.19. The molecule has 0 aromatic rings. The van der Waals surface area contributed by atoms with Crippen LogP contribution in [0.25, 0.3) is 0 Å². The van der Waals surface area contributed by atoms with Crippen molar-refractivity contribution >= 4 is 24.6 Å². The van der Waals surface area contributed by atoms with E-state index < -0.39 is 11.7 Å². The molecular formula is C10H18N2O5. The zero-order valence-corrected chi connectivity index (χ0v) is 9.77. The minimum atomic E-state index is -0.530. The zero-order valence-electron chi connectivity index (χ0n) is 9.77. The molecular weight excluding hydrogens is 228 g/mol. The normalized spacial score (nSPS) is 8.29. The van der Waals surface area contributed by atoms with Gasteiger partial charge in [-0.1, -0.05) is 6.92 Å². The molecule has 2 amide bonds. The lowest BCUT2D eigenvalue weighted by atomic mass is 10.2. The average molecular weight is 246 g/mol. The molecule has 0 atom stereocenters. The van der Waals surface area contributed by atoms with E-state index in [0.29, 0.717) is 25.9 Å². The Bertz CT molecular complexity index is 243. The summed E-state index contributed by atoms with van der Waals surface area (Å²) in [6, 6.07) is 0. The molecule has 0 rings (SSSR count). The van der Waals surface area contributed by atoms with Gasteiger partial charge in [-0.25, -0.2) is 0 Å². The fourth-order valence-corrected chi connectivity index (χ4v) is 0.861. The van der Waals surface area contributed by atoms with E-state index in [1.165, 1.54) is 0 Å². The summed E-state index contributed by atoms with van der Waals surface area (Å²) in [7, 11) is 0. The van der Waals surface area contributed by atoms with E-state index in [-0.39, 0.29) is 12.9 Å². The van der Waals surface area contributed by atoms with Crippen molar-refractivity contribution in [3.05, 3.63) is 0 Å². The van der Waals surface area contributed by atoms with Crippen molar-refractivity contribution in [2.45, 2.75) is 26.2 Å². The summed E-state index contributed by atoms with van der Waals surface area (Å²) in [5.41, 5.74) is 0. The molecule has 7 nitrogen and oxygen atoms in total. The molecule has 0 aromatic heterocycles. The van der Waals surface area contributed by atoms with Crippen molar-refractivity contribution in [1.82, 2.24) is 10.6 Å². The van der Waals surface area contributed by atoms with Gasteiger partial charge >= 0.3 is 0 Å². The molecule has 0 unspecified atom stereocenters.